The van der Waals surface area contributed by atoms with Gasteiger partial charge in [-0.2, -0.15) is 0 Å². The Balaban J connectivity index is 2.54. The minimum atomic E-state index is -1.04. The van der Waals surface area contributed by atoms with Crippen LogP contribution >= 0.6 is 0 Å². The maximum absolute atomic E-state index is 10.4. The van der Waals surface area contributed by atoms with E-state index in [9.17, 15) is 4.79 Å². The van der Waals surface area contributed by atoms with Gasteiger partial charge in [-0.15, -0.1) is 0 Å². The van der Waals surface area contributed by atoms with Crippen LogP contribution in [0.15, 0.2) is 24.3 Å². The van der Waals surface area contributed by atoms with E-state index < -0.39 is 12.0 Å². The van der Waals surface area contributed by atoms with Gasteiger partial charge in [0.05, 0.1) is 11.4 Å². The summed E-state index contributed by atoms with van der Waals surface area (Å²) in [4.78, 5) is 10.4. The van der Waals surface area contributed by atoms with Crippen molar-refractivity contribution in [2.24, 2.45) is 5.73 Å². The lowest BCUT2D eigenvalue weighted by Crippen LogP contribution is -2.37. The lowest BCUT2D eigenvalue weighted by Gasteiger charge is -2.11. The Kier molecular flexibility index (Phi) is 3.30. The second-order valence-corrected chi connectivity index (χ2v) is 2.91. The number of nitrogens with one attached hydrogen (secondary N) is 1. The van der Waals surface area contributed by atoms with Crippen LogP contribution in [-0.2, 0) is 4.79 Å². The van der Waals surface area contributed by atoms with Crippen molar-refractivity contribution in [2.75, 3.05) is 17.6 Å². The molecule has 0 aromatic heterocycles. The van der Waals surface area contributed by atoms with E-state index in [2.05, 4.69) is 5.32 Å². The number of nitrogen functional groups attached to an aromatic ring is 1. The molecule has 76 valence electrons. The van der Waals surface area contributed by atoms with Gasteiger partial charge in [0.15, 0.2) is 0 Å². The normalized spacial score (nSPS) is 12.1. The number of aliphatic carboxylic acids is 1. The SMILES string of the molecule is Nc1ccccc1NC[C@@H](N)C(=O)O. The van der Waals surface area contributed by atoms with Gasteiger partial charge in [-0.3, -0.25) is 4.79 Å². The van der Waals surface area contributed by atoms with Gasteiger partial charge in [-0.05, 0) is 12.1 Å². The quantitative estimate of drug-likeness (QED) is 0.510. The van der Waals surface area contributed by atoms with Gasteiger partial charge in [0.2, 0.25) is 0 Å². The Hall–Kier alpha value is -1.75. The lowest BCUT2D eigenvalue weighted by molar-refractivity contribution is -0.138. The van der Waals surface area contributed by atoms with E-state index in [1.165, 1.54) is 0 Å². The third kappa shape index (κ3) is 2.63. The molecule has 0 radical (unpaired) electrons. The van der Waals surface area contributed by atoms with Crippen molar-refractivity contribution in [3.8, 4) is 0 Å². The maximum atomic E-state index is 10.4. The van der Waals surface area contributed by atoms with Gasteiger partial charge in [-0.1, -0.05) is 12.1 Å². The molecule has 5 heteroatoms. The molecule has 0 saturated heterocycles. The summed E-state index contributed by atoms with van der Waals surface area (Å²) in [5, 5.41) is 11.4. The summed E-state index contributed by atoms with van der Waals surface area (Å²) in [7, 11) is 0. The number of rotatable bonds is 4. The fourth-order valence-corrected chi connectivity index (χ4v) is 0.965. The van der Waals surface area contributed by atoms with Crippen LogP contribution in [0, 0.1) is 0 Å². The summed E-state index contributed by atoms with van der Waals surface area (Å²) in [5.41, 5.74) is 12.2. The summed E-state index contributed by atoms with van der Waals surface area (Å²) in [6.45, 7) is 0.156. The molecule has 0 aliphatic rings. The molecule has 0 unspecified atom stereocenters. The molecule has 0 saturated carbocycles. The molecule has 0 spiro atoms. The molecular formula is C9H13N3O2. The third-order valence-electron chi connectivity index (χ3n) is 1.79. The lowest BCUT2D eigenvalue weighted by atomic mass is 10.2. The second kappa shape index (κ2) is 4.48. The number of benzene rings is 1. The van der Waals surface area contributed by atoms with E-state index in [-0.39, 0.29) is 6.54 Å². The van der Waals surface area contributed by atoms with Gasteiger partial charge in [0.1, 0.15) is 6.04 Å². The number of carboxylic acids is 1. The van der Waals surface area contributed by atoms with Crippen LogP contribution in [0.25, 0.3) is 0 Å². The molecule has 1 aromatic carbocycles. The molecule has 6 N–H and O–H groups in total. The molecule has 5 nitrogen and oxygen atoms in total. The fraction of sp³-hybridized carbons (Fsp3) is 0.222. The van der Waals surface area contributed by atoms with Crippen LogP contribution in [0.2, 0.25) is 0 Å². The van der Waals surface area contributed by atoms with Crippen LogP contribution < -0.4 is 16.8 Å². The van der Waals surface area contributed by atoms with E-state index in [4.69, 9.17) is 16.6 Å². The first-order chi connectivity index (χ1) is 6.61. The molecule has 14 heavy (non-hydrogen) atoms. The van der Waals surface area contributed by atoms with E-state index in [1.54, 1.807) is 18.2 Å². The summed E-state index contributed by atoms with van der Waals surface area (Å²) >= 11 is 0. The first-order valence-corrected chi connectivity index (χ1v) is 4.18. The van der Waals surface area contributed by atoms with Crippen molar-refractivity contribution in [2.45, 2.75) is 6.04 Å². The van der Waals surface area contributed by atoms with Crippen molar-refractivity contribution < 1.29 is 9.90 Å². The second-order valence-electron chi connectivity index (χ2n) is 2.91. The van der Waals surface area contributed by atoms with Crippen molar-refractivity contribution in [1.29, 1.82) is 0 Å². The highest BCUT2D eigenvalue weighted by molar-refractivity contribution is 5.74. The molecule has 0 fully saturated rings. The summed E-state index contributed by atoms with van der Waals surface area (Å²) < 4.78 is 0. The van der Waals surface area contributed by atoms with Crippen LogP contribution in [-0.4, -0.2) is 23.7 Å². The molecule has 1 rings (SSSR count). The summed E-state index contributed by atoms with van der Waals surface area (Å²) in [5.74, 6) is -1.04. The zero-order valence-corrected chi connectivity index (χ0v) is 7.60. The monoisotopic (exact) mass is 195 g/mol. The summed E-state index contributed by atoms with van der Waals surface area (Å²) in [6.07, 6.45) is 0. The minimum absolute atomic E-state index is 0.156. The van der Waals surface area contributed by atoms with Gasteiger partial charge >= 0.3 is 5.97 Å². The highest BCUT2D eigenvalue weighted by Gasteiger charge is 2.10. The maximum Gasteiger partial charge on any atom is 0.322 e. The molecule has 0 bridgehead atoms. The first kappa shape index (κ1) is 10.3. The smallest absolute Gasteiger partial charge is 0.322 e. The largest absolute Gasteiger partial charge is 0.480 e. The van der Waals surface area contributed by atoms with Gasteiger partial charge in [0.25, 0.3) is 0 Å². The Morgan fingerprint density at radius 2 is 2.14 bits per heavy atom. The first-order valence-electron chi connectivity index (χ1n) is 4.18. The van der Waals surface area contributed by atoms with Crippen molar-refractivity contribution in [3.05, 3.63) is 24.3 Å². The van der Waals surface area contributed by atoms with Crippen LogP contribution in [0.3, 0.4) is 0 Å². The topological polar surface area (TPSA) is 101 Å². The van der Waals surface area contributed by atoms with E-state index >= 15 is 0 Å². The zero-order chi connectivity index (χ0) is 10.6. The standard InChI is InChI=1S/C9H13N3O2/c10-6-3-1-2-4-8(6)12-5-7(11)9(13)14/h1-4,7,12H,5,10-11H2,(H,13,14)/t7-/m1/s1. The Bertz CT molecular complexity index is 328. The third-order valence-corrected chi connectivity index (χ3v) is 1.79. The van der Waals surface area contributed by atoms with Crippen molar-refractivity contribution >= 4 is 17.3 Å². The Labute approximate surface area is 81.7 Å². The zero-order valence-electron chi connectivity index (χ0n) is 7.60. The number of anilines is 2. The number of carbonyl (C=O) groups is 1. The average Bonchev–Trinajstić information content (AvgIpc) is 2.16. The van der Waals surface area contributed by atoms with Crippen LogP contribution in [0.4, 0.5) is 11.4 Å². The Morgan fingerprint density at radius 3 is 2.71 bits per heavy atom. The number of nitrogens with two attached hydrogens (primary N) is 2. The highest BCUT2D eigenvalue weighted by Crippen LogP contribution is 2.15. The molecule has 0 aliphatic heterocycles. The number of hydrogen-bond acceptors (Lipinski definition) is 4. The molecular weight excluding hydrogens is 182 g/mol. The van der Waals surface area contributed by atoms with Crippen molar-refractivity contribution in [3.63, 3.8) is 0 Å². The predicted molar refractivity (Wildman–Crippen MR) is 55.0 cm³/mol. The molecule has 1 atom stereocenters. The van der Waals surface area contributed by atoms with E-state index in [0.717, 1.165) is 0 Å². The van der Waals surface area contributed by atoms with E-state index in [0.29, 0.717) is 11.4 Å². The molecule has 0 heterocycles. The summed E-state index contributed by atoms with van der Waals surface area (Å²) in [6, 6.07) is 6.19. The van der Waals surface area contributed by atoms with Crippen molar-refractivity contribution in [1.82, 2.24) is 0 Å². The number of hydrogen-bond donors (Lipinski definition) is 4. The van der Waals surface area contributed by atoms with Crippen LogP contribution in [0.1, 0.15) is 0 Å². The Morgan fingerprint density at radius 1 is 1.50 bits per heavy atom. The van der Waals surface area contributed by atoms with Gasteiger partial charge < -0.3 is 21.9 Å². The predicted octanol–water partition coefficient (Wildman–Crippen LogP) is 0.0926. The minimum Gasteiger partial charge on any atom is -0.480 e. The molecule has 0 aliphatic carbocycles. The molecule has 0 amide bonds. The fourth-order valence-electron chi connectivity index (χ4n) is 0.965. The van der Waals surface area contributed by atoms with Gasteiger partial charge in [-0.25, -0.2) is 0 Å². The highest BCUT2D eigenvalue weighted by atomic mass is 16.4. The average molecular weight is 195 g/mol. The number of para-hydroxylation sites is 2. The number of carboxylic acid groups (broad SMARTS) is 1. The van der Waals surface area contributed by atoms with Gasteiger partial charge in [0, 0.05) is 6.54 Å². The van der Waals surface area contributed by atoms with Crippen LogP contribution in [0.5, 0.6) is 0 Å². The molecule has 1 aromatic rings. The van der Waals surface area contributed by atoms with E-state index in [1.807, 2.05) is 6.07 Å².